The van der Waals surface area contributed by atoms with Crippen molar-refractivity contribution < 1.29 is 9.53 Å². The van der Waals surface area contributed by atoms with Crippen LogP contribution in [0.15, 0.2) is 78.2 Å². The molecule has 0 unspecified atom stereocenters. The molecule has 6 heteroatoms. The number of benzene rings is 3. The van der Waals surface area contributed by atoms with Crippen LogP contribution in [0.3, 0.4) is 0 Å². The molecule has 1 heterocycles. The van der Waals surface area contributed by atoms with Crippen LogP contribution in [0.2, 0.25) is 0 Å². The van der Waals surface area contributed by atoms with E-state index in [-0.39, 0.29) is 5.91 Å². The van der Waals surface area contributed by atoms with E-state index in [1.165, 1.54) is 0 Å². The fraction of sp³-hybridized carbons (Fsp3) is 0.154. The van der Waals surface area contributed by atoms with Crippen molar-refractivity contribution in [2.45, 2.75) is 19.9 Å². The number of anilines is 2. The largest absolute Gasteiger partial charge is 0.495 e. The summed E-state index contributed by atoms with van der Waals surface area (Å²) >= 11 is 1.62. The maximum atomic E-state index is 13.4. The number of carbonyl (C=O) groups is 1. The Hall–Kier alpha value is -3.64. The highest BCUT2D eigenvalue weighted by atomic mass is 32.1. The second-order valence-electron chi connectivity index (χ2n) is 7.51. The lowest BCUT2D eigenvalue weighted by atomic mass is 10.0. The molecule has 2 N–H and O–H groups in total. The molecule has 4 aromatic rings. The minimum Gasteiger partial charge on any atom is -0.495 e. The summed E-state index contributed by atoms with van der Waals surface area (Å²) < 4.78 is 5.43. The van der Waals surface area contributed by atoms with Crippen molar-refractivity contribution in [3.05, 3.63) is 94.3 Å². The summed E-state index contributed by atoms with van der Waals surface area (Å²) in [5, 5.41) is 9.50. The molecule has 4 rings (SSSR count). The lowest BCUT2D eigenvalue weighted by molar-refractivity contribution is -0.117. The molecule has 0 radical (unpaired) electrons. The molecule has 32 heavy (non-hydrogen) atoms. The Kier molecular flexibility index (Phi) is 6.52. The van der Waals surface area contributed by atoms with E-state index in [0.29, 0.717) is 11.4 Å². The van der Waals surface area contributed by atoms with Crippen molar-refractivity contribution in [3.63, 3.8) is 0 Å². The number of thiazole rings is 1. The molecule has 0 saturated heterocycles. The molecule has 0 aliphatic rings. The summed E-state index contributed by atoms with van der Waals surface area (Å²) in [6.07, 6.45) is 0. The third-order valence-corrected chi connectivity index (χ3v) is 5.87. The summed E-state index contributed by atoms with van der Waals surface area (Å²) in [4.78, 5) is 18.0. The first-order chi connectivity index (χ1) is 15.5. The van der Waals surface area contributed by atoms with Gasteiger partial charge in [-0.05, 0) is 49.2 Å². The maximum absolute atomic E-state index is 13.4. The molecule has 0 aliphatic carbocycles. The van der Waals surface area contributed by atoms with Gasteiger partial charge >= 0.3 is 0 Å². The number of nitrogens with one attached hydrogen (secondary N) is 2. The van der Waals surface area contributed by atoms with Crippen molar-refractivity contribution in [1.82, 2.24) is 4.98 Å². The van der Waals surface area contributed by atoms with Gasteiger partial charge in [0.2, 0.25) is 0 Å². The van der Waals surface area contributed by atoms with Crippen LogP contribution in [-0.4, -0.2) is 18.0 Å². The number of hydrogen-bond donors (Lipinski definition) is 2. The number of methoxy groups -OCH3 is 1. The Morgan fingerprint density at radius 2 is 1.81 bits per heavy atom. The van der Waals surface area contributed by atoms with E-state index < -0.39 is 6.04 Å². The summed E-state index contributed by atoms with van der Waals surface area (Å²) in [7, 11) is 1.60. The standard InChI is InChI=1S/C26H25N3O2S/c1-17-12-13-24(31-3)22(14-17)29-26(30)25(19-8-5-4-6-9-19)28-21-11-7-10-20(15-21)23-16-32-18(2)27-23/h4-16,25,28H,1-3H3,(H,29,30)/t25-/m0/s1. The van der Waals surface area contributed by atoms with Gasteiger partial charge in [0.25, 0.3) is 5.91 Å². The molecular formula is C26H25N3O2S. The van der Waals surface area contributed by atoms with Crippen molar-refractivity contribution >= 4 is 28.6 Å². The molecule has 1 atom stereocenters. The Balaban J connectivity index is 1.64. The Morgan fingerprint density at radius 1 is 1.00 bits per heavy atom. The highest BCUT2D eigenvalue weighted by Crippen LogP contribution is 2.29. The van der Waals surface area contributed by atoms with Crippen LogP contribution in [0.4, 0.5) is 11.4 Å². The van der Waals surface area contributed by atoms with E-state index in [1.807, 2.05) is 92.0 Å². The van der Waals surface area contributed by atoms with Gasteiger partial charge in [0.1, 0.15) is 11.8 Å². The molecule has 1 aromatic heterocycles. The number of nitrogens with zero attached hydrogens (tertiary/aromatic N) is 1. The third-order valence-electron chi connectivity index (χ3n) is 5.10. The Morgan fingerprint density at radius 3 is 2.53 bits per heavy atom. The first-order valence-corrected chi connectivity index (χ1v) is 11.2. The van der Waals surface area contributed by atoms with Crippen LogP contribution < -0.4 is 15.4 Å². The summed E-state index contributed by atoms with van der Waals surface area (Å²) in [6.45, 7) is 3.97. The number of ether oxygens (including phenoxy) is 1. The summed E-state index contributed by atoms with van der Waals surface area (Å²) in [5.74, 6) is 0.451. The number of aryl methyl sites for hydroxylation is 2. The topological polar surface area (TPSA) is 63.2 Å². The second kappa shape index (κ2) is 9.66. The highest BCUT2D eigenvalue weighted by Gasteiger charge is 2.22. The fourth-order valence-electron chi connectivity index (χ4n) is 3.50. The van der Waals surface area contributed by atoms with Gasteiger partial charge in [0, 0.05) is 16.6 Å². The fourth-order valence-corrected chi connectivity index (χ4v) is 4.12. The number of carbonyl (C=O) groups excluding carboxylic acids is 1. The quantitative estimate of drug-likeness (QED) is 0.355. The minimum absolute atomic E-state index is 0.171. The Labute approximate surface area is 192 Å². The molecular weight excluding hydrogens is 418 g/mol. The monoisotopic (exact) mass is 443 g/mol. The normalized spacial score (nSPS) is 11.6. The highest BCUT2D eigenvalue weighted by molar-refractivity contribution is 7.09. The zero-order valence-electron chi connectivity index (χ0n) is 18.3. The maximum Gasteiger partial charge on any atom is 0.251 e. The SMILES string of the molecule is COc1ccc(C)cc1NC(=O)[C@@H](Nc1cccc(-c2csc(C)n2)c1)c1ccccc1. The van der Waals surface area contributed by atoms with Gasteiger partial charge in [-0.2, -0.15) is 0 Å². The average Bonchev–Trinajstić information content (AvgIpc) is 3.25. The molecule has 0 saturated carbocycles. The number of aromatic nitrogens is 1. The molecule has 5 nitrogen and oxygen atoms in total. The third kappa shape index (κ3) is 4.98. The van der Waals surface area contributed by atoms with Crippen molar-refractivity contribution in [3.8, 4) is 17.0 Å². The number of hydrogen-bond acceptors (Lipinski definition) is 5. The van der Waals surface area contributed by atoms with Gasteiger partial charge in [-0.1, -0.05) is 48.5 Å². The first kappa shape index (κ1) is 21.6. The second-order valence-corrected chi connectivity index (χ2v) is 8.58. The van der Waals surface area contributed by atoms with Crippen molar-refractivity contribution in [2.24, 2.45) is 0 Å². The lowest BCUT2D eigenvalue weighted by Gasteiger charge is -2.21. The Bertz CT molecular complexity index is 1220. The lowest BCUT2D eigenvalue weighted by Crippen LogP contribution is -2.27. The van der Waals surface area contributed by atoms with Crippen molar-refractivity contribution in [1.29, 1.82) is 0 Å². The van der Waals surface area contributed by atoms with Crippen molar-refractivity contribution in [2.75, 3.05) is 17.7 Å². The van der Waals surface area contributed by atoms with Gasteiger partial charge in [0.15, 0.2) is 0 Å². The van der Waals surface area contributed by atoms with E-state index >= 15 is 0 Å². The van der Waals surface area contributed by atoms with E-state index in [1.54, 1.807) is 18.4 Å². The molecule has 0 spiro atoms. The van der Waals surface area contributed by atoms with Gasteiger partial charge < -0.3 is 15.4 Å². The smallest absolute Gasteiger partial charge is 0.251 e. The van der Waals surface area contributed by atoms with Crippen LogP contribution in [-0.2, 0) is 4.79 Å². The summed E-state index contributed by atoms with van der Waals surface area (Å²) in [5.41, 5.74) is 5.33. The van der Waals surface area contributed by atoms with Crippen LogP contribution >= 0.6 is 11.3 Å². The van der Waals surface area contributed by atoms with Crippen LogP contribution in [0.25, 0.3) is 11.3 Å². The molecule has 162 valence electrons. The van der Waals surface area contributed by atoms with Crippen LogP contribution in [0.1, 0.15) is 22.2 Å². The van der Waals surface area contributed by atoms with Gasteiger partial charge in [0.05, 0.1) is 23.5 Å². The average molecular weight is 444 g/mol. The molecule has 0 fully saturated rings. The zero-order valence-corrected chi connectivity index (χ0v) is 19.1. The number of rotatable bonds is 7. The van der Waals surface area contributed by atoms with E-state index in [4.69, 9.17) is 4.74 Å². The predicted octanol–water partition coefficient (Wildman–Crippen LogP) is 6.23. The zero-order chi connectivity index (χ0) is 22.5. The summed E-state index contributed by atoms with van der Waals surface area (Å²) in [6, 6.07) is 22.8. The van der Waals surface area contributed by atoms with E-state index in [2.05, 4.69) is 15.6 Å². The first-order valence-electron chi connectivity index (χ1n) is 10.3. The minimum atomic E-state index is -0.589. The van der Waals surface area contributed by atoms with Gasteiger partial charge in [-0.3, -0.25) is 4.79 Å². The van der Waals surface area contributed by atoms with Crippen LogP contribution in [0.5, 0.6) is 5.75 Å². The molecule has 0 aliphatic heterocycles. The number of amides is 1. The van der Waals surface area contributed by atoms with Gasteiger partial charge in [-0.25, -0.2) is 4.98 Å². The molecule has 0 bridgehead atoms. The molecule has 3 aromatic carbocycles. The van der Waals surface area contributed by atoms with Gasteiger partial charge in [-0.15, -0.1) is 11.3 Å². The predicted molar refractivity (Wildman–Crippen MR) is 131 cm³/mol. The molecule has 1 amide bonds. The van der Waals surface area contributed by atoms with Crippen LogP contribution in [0, 0.1) is 13.8 Å². The van der Waals surface area contributed by atoms with E-state index in [0.717, 1.165) is 33.1 Å². The van der Waals surface area contributed by atoms with E-state index in [9.17, 15) is 4.79 Å².